The summed E-state index contributed by atoms with van der Waals surface area (Å²) in [5.41, 5.74) is 16.6. The van der Waals surface area contributed by atoms with Crippen molar-refractivity contribution in [3.05, 3.63) is 59.8 Å². The van der Waals surface area contributed by atoms with E-state index in [-0.39, 0.29) is 17.1 Å². The number of aryl methyl sites for hydroxylation is 1. The summed E-state index contributed by atoms with van der Waals surface area (Å²) in [6, 6.07) is 12.7. The number of fused-ring (bicyclic) bond motifs is 1. The van der Waals surface area contributed by atoms with Crippen LogP contribution in [0.1, 0.15) is 22.8 Å². The molecular formula is C22H22N6O2. The zero-order valence-corrected chi connectivity index (χ0v) is 16.7. The van der Waals surface area contributed by atoms with Gasteiger partial charge in [0, 0.05) is 23.9 Å². The number of rotatable bonds is 5. The Bertz CT molecular complexity index is 1280. The van der Waals surface area contributed by atoms with Crippen molar-refractivity contribution in [3.8, 4) is 22.7 Å². The van der Waals surface area contributed by atoms with Crippen molar-refractivity contribution in [1.82, 2.24) is 14.5 Å². The van der Waals surface area contributed by atoms with E-state index in [1.165, 1.54) is 0 Å². The molecule has 0 radical (unpaired) electrons. The van der Waals surface area contributed by atoms with Gasteiger partial charge in [0.05, 0.1) is 17.6 Å². The number of nitrogens with zero attached hydrogens (tertiary/aromatic N) is 3. The van der Waals surface area contributed by atoms with Gasteiger partial charge in [0.1, 0.15) is 22.6 Å². The van der Waals surface area contributed by atoms with Gasteiger partial charge in [-0.2, -0.15) is 0 Å². The highest BCUT2D eigenvalue weighted by Crippen LogP contribution is 2.33. The summed E-state index contributed by atoms with van der Waals surface area (Å²) >= 11 is 0. The Morgan fingerprint density at radius 2 is 2.03 bits per heavy atom. The highest BCUT2D eigenvalue weighted by molar-refractivity contribution is 6.09. The monoisotopic (exact) mass is 402 g/mol. The summed E-state index contributed by atoms with van der Waals surface area (Å²) < 4.78 is 1.61. The van der Waals surface area contributed by atoms with Crippen molar-refractivity contribution in [1.29, 1.82) is 0 Å². The number of nitrogen functional groups attached to an aromatic ring is 1. The fourth-order valence-electron chi connectivity index (χ4n) is 3.52. The average Bonchev–Trinajstić information content (AvgIpc) is 3.01. The number of nitrogens with two attached hydrogens (primary N) is 2. The third-order valence-electron chi connectivity index (χ3n) is 4.92. The van der Waals surface area contributed by atoms with Crippen LogP contribution < -0.4 is 16.8 Å². The number of phenolic OH excluding ortho intramolecular Hbond substituents is 1. The van der Waals surface area contributed by atoms with Gasteiger partial charge in [0.2, 0.25) is 0 Å². The van der Waals surface area contributed by atoms with Crippen LogP contribution in [-0.4, -0.2) is 32.1 Å². The maximum atomic E-state index is 12.1. The zero-order chi connectivity index (χ0) is 21.4. The summed E-state index contributed by atoms with van der Waals surface area (Å²) in [5.74, 6) is -0.491. The standard InChI is InChI=1S/C22H22N6O2/c1-3-25-14-6-4-5-13(9-14)16-11-26-19-18(21(24)30)20(23)28(22(19)27-16)17-10-15(29)8-7-12(17)2/h4-11,25,29H,3,23H2,1-2H3,(H2,24,30). The largest absolute Gasteiger partial charge is 0.508 e. The lowest BCUT2D eigenvalue weighted by molar-refractivity contribution is 0.100. The van der Waals surface area contributed by atoms with Crippen LogP contribution >= 0.6 is 0 Å². The van der Waals surface area contributed by atoms with Crippen molar-refractivity contribution in [2.75, 3.05) is 17.6 Å². The van der Waals surface area contributed by atoms with Gasteiger partial charge in [-0.1, -0.05) is 18.2 Å². The van der Waals surface area contributed by atoms with Crippen molar-refractivity contribution >= 4 is 28.6 Å². The van der Waals surface area contributed by atoms with Gasteiger partial charge in [-0.25, -0.2) is 9.97 Å². The smallest absolute Gasteiger partial charge is 0.254 e. The van der Waals surface area contributed by atoms with Crippen LogP contribution in [0, 0.1) is 6.92 Å². The fourth-order valence-corrected chi connectivity index (χ4v) is 3.52. The molecule has 0 fully saturated rings. The summed E-state index contributed by atoms with van der Waals surface area (Å²) in [6.07, 6.45) is 1.60. The molecule has 6 N–H and O–H groups in total. The molecule has 0 aliphatic carbocycles. The molecule has 0 aliphatic rings. The van der Waals surface area contributed by atoms with E-state index in [0.29, 0.717) is 22.5 Å². The Morgan fingerprint density at radius 3 is 2.77 bits per heavy atom. The normalized spacial score (nSPS) is 11.0. The molecule has 0 unspecified atom stereocenters. The molecule has 152 valence electrons. The molecule has 4 rings (SSSR count). The second-order valence-corrected chi connectivity index (χ2v) is 6.97. The van der Waals surface area contributed by atoms with Crippen LogP contribution in [0.2, 0.25) is 0 Å². The molecule has 2 aromatic carbocycles. The van der Waals surface area contributed by atoms with E-state index in [2.05, 4.69) is 10.3 Å². The summed E-state index contributed by atoms with van der Waals surface area (Å²) in [6.45, 7) is 4.70. The maximum Gasteiger partial charge on any atom is 0.254 e. The molecule has 8 nitrogen and oxygen atoms in total. The summed E-state index contributed by atoms with van der Waals surface area (Å²) in [4.78, 5) is 21.3. The lowest BCUT2D eigenvalue weighted by Crippen LogP contribution is -2.14. The van der Waals surface area contributed by atoms with Crippen molar-refractivity contribution in [2.45, 2.75) is 13.8 Å². The van der Waals surface area contributed by atoms with E-state index in [1.54, 1.807) is 29.0 Å². The Balaban J connectivity index is 2.00. The van der Waals surface area contributed by atoms with Crippen LogP contribution in [0.3, 0.4) is 0 Å². The van der Waals surface area contributed by atoms with Crippen molar-refractivity contribution < 1.29 is 9.90 Å². The first-order chi connectivity index (χ1) is 14.4. The summed E-state index contributed by atoms with van der Waals surface area (Å²) in [5, 5.41) is 13.3. The number of nitrogens with one attached hydrogen (secondary N) is 1. The molecule has 8 heteroatoms. The molecule has 1 amide bonds. The Morgan fingerprint density at radius 1 is 1.23 bits per heavy atom. The van der Waals surface area contributed by atoms with Gasteiger partial charge in [-0.15, -0.1) is 0 Å². The number of primary amides is 1. The van der Waals surface area contributed by atoms with E-state index >= 15 is 0 Å². The third-order valence-corrected chi connectivity index (χ3v) is 4.92. The first-order valence-electron chi connectivity index (χ1n) is 9.51. The van der Waals surface area contributed by atoms with E-state index < -0.39 is 5.91 Å². The quantitative estimate of drug-likeness (QED) is 0.405. The van der Waals surface area contributed by atoms with E-state index in [4.69, 9.17) is 16.5 Å². The molecule has 0 spiro atoms. The van der Waals surface area contributed by atoms with Crippen LogP contribution in [-0.2, 0) is 0 Å². The SMILES string of the molecule is CCNc1cccc(-c2cnc3c(C(N)=O)c(N)n(-c4cc(O)ccc4C)c3n2)c1. The second kappa shape index (κ2) is 7.40. The number of carbonyl (C=O) groups is 1. The number of benzene rings is 2. The highest BCUT2D eigenvalue weighted by Gasteiger charge is 2.24. The minimum Gasteiger partial charge on any atom is -0.508 e. The van der Waals surface area contributed by atoms with E-state index in [0.717, 1.165) is 23.4 Å². The van der Waals surface area contributed by atoms with Gasteiger partial charge in [0.25, 0.3) is 5.91 Å². The van der Waals surface area contributed by atoms with Crippen LogP contribution in [0.15, 0.2) is 48.7 Å². The van der Waals surface area contributed by atoms with Crippen molar-refractivity contribution in [3.63, 3.8) is 0 Å². The third kappa shape index (κ3) is 3.18. The van der Waals surface area contributed by atoms with E-state index in [9.17, 15) is 9.90 Å². The van der Waals surface area contributed by atoms with Crippen LogP contribution in [0.5, 0.6) is 5.75 Å². The molecule has 0 saturated carbocycles. The molecule has 0 bridgehead atoms. The Labute approximate surface area is 173 Å². The minimum absolute atomic E-state index is 0.0694. The number of aromatic nitrogens is 3. The number of phenols is 1. The van der Waals surface area contributed by atoms with E-state index in [1.807, 2.05) is 38.1 Å². The number of carbonyl (C=O) groups excluding carboxylic acids is 1. The number of anilines is 2. The molecular weight excluding hydrogens is 380 g/mol. The predicted molar refractivity (Wildman–Crippen MR) is 118 cm³/mol. The molecule has 30 heavy (non-hydrogen) atoms. The zero-order valence-electron chi connectivity index (χ0n) is 16.7. The molecule has 4 aromatic rings. The Hall–Kier alpha value is -4.07. The predicted octanol–water partition coefficient (Wildman–Crippen LogP) is 3.21. The highest BCUT2D eigenvalue weighted by atomic mass is 16.3. The molecule has 0 atom stereocenters. The number of amides is 1. The summed E-state index contributed by atoms with van der Waals surface area (Å²) in [7, 11) is 0. The number of aromatic hydroxyl groups is 1. The van der Waals surface area contributed by atoms with Gasteiger partial charge >= 0.3 is 0 Å². The lowest BCUT2D eigenvalue weighted by atomic mass is 10.1. The minimum atomic E-state index is -0.690. The van der Waals surface area contributed by atoms with Crippen molar-refractivity contribution in [2.24, 2.45) is 5.73 Å². The first kappa shape index (κ1) is 19.3. The second-order valence-electron chi connectivity index (χ2n) is 6.97. The lowest BCUT2D eigenvalue weighted by Gasteiger charge is -2.12. The number of hydrogen-bond donors (Lipinski definition) is 4. The van der Waals surface area contributed by atoms with Crippen LogP contribution in [0.25, 0.3) is 28.1 Å². The van der Waals surface area contributed by atoms with Gasteiger partial charge in [0.15, 0.2) is 5.65 Å². The molecule has 0 saturated heterocycles. The van der Waals surface area contributed by atoms with Gasteiger partial charge in [-0.3, -0.25) is 9.36 Å². The first-order valence-corrected chi connectivity index (χ1v) is 9.51. The molecule has 2 heterocycles. The topological polar surface area (TPSA) is 132 Å². The van der Waals surface area contributed by atoms with Gasteiger partial charge in [-0.05, 0) is 37.6 Å². The Kier molecular flexibility index (Phi) is 4.75. The van der Waals surface area contributed by atoms with Crippen LogP contribution in [0.4, 0.5) is 11.5 Å². The fraction of sp³-hybridized carbons (Fsp3) is 0.136. The van der Waals surface area contributed by atoms with Gasteiger partial charge < -0.3 is 21.9 Å². The maximum absolute atomic E-state index is 12.1. The average molecular weight is 402 g/mol. The molecule has 0 aliphatic heterocycles. The number of hydrogen-bond acceptors (Lipinski definition) is 6. The molecule has 2 aromatic heterocycles.